The molecule has 1 N–H and O–H groups in total. The van der Waals surface area contributed by atoms with E-state index in [0.29, 0.717) is 12.3 Å². The average Bonchev–Trinajstić information content (AvgIpc) is 2.77. The van der Waals surface area contributed by atoms with Crippen LogP contribution < -0.4 is 0 Å². The van der Waals surface area contributed by atoms with Gasteiger partial charge in [-0.25, -0.2) is 0 Å². The van der Waals surface area contributed by atoms with Crippen LogP contribution in [0.3, 0.4) is 0 Å². The molecule has 2 nitrogen and oxygen atoms in total. The van der Waals surface area contributed by atoms with Crippen molar-refractivity contribution in [3.05, 3.63) is 35.4 Å². The van der Waals surface area contributed by atoms with Gasteiger partial charge in [-0.15, -0.1) is 0 Å². The Bertz CT molecular complexity index is 397. The van der Waals surface area contributed by atoms with Crippen molar-refractivity contribution in [3.8, 4) is 0 Å². The Morgan fingerprint density at radius 2 is 2.20 bits per heavy atom. The van der Waals surface area contributed by atoms with E-state index in [9.17, 15) is 4.79 Å². The van der Waals surface area contributed by atoms with Crippen molar-refractivity contribution < 1.29 is 9.90 Å². The van der Waals surface area contributed by atoms with Crippen molar-refractivity contribution in [2.75, 3.05) is 0 Å². The predicted molar refractivity (Wildman–Crippen MR) is 58.9 cm³/mol. The molecule has 0 spiro atoms. The Labute approximate surface area is 89.9 Å². The second-order valence-electron chi connectivity index (χ2n) is 4.73. The van der Waals surface area contributed by atoms with Gasteiger partial charge in [-0.05, 0) is 35.8 Å². The topological polar surface area (TPSA) is 37.3 Å². The fraction of sp³-hybridized carbons (Fsp3) is 0.462. The van der Waals surface area contributed by atoms with E-state index in [0.717, 1.165) is 6.42 Å². The molecular formula is C13H16O2. The summed E-state index contributed by atoms with van der Waals surface area (Å²) in [6.45, 7) is 4.26. The zero-order valence-electron chi connectivity index (χ0n) is 9.16. The van der Waals surface area contributed by atoms with Crippen LogP contribution >= 0.6 is 0 Å². The van der Waals surface area contributed by atoms with Crippen LogP contribution in [0.25, 0.3) is 0 Å². The van der Waals surface area contributed by atoms with Crippen LogP contribution in [0.5, 0.6) is 0 Å². The first kappa shape index (κ1) is 10.2. The fourth-order valence-corrected chi connectivity index (χ4v) is 2.50. The van der Waals surface area contributed by atoms with Gasteiger partial charge in [0.05, 0.1) is 0 Å². The number of aryl methyl sites for hydroxylation is 1. The van der Waals surface area contributed by atoms with Crippen LogP contribution in [0.1, 0.15) is 30.9 Å². The molecule has 2 atom stereocenters. The van der Waals surface area contributed by atoms with Gasteiger partial charge in [0.2, 0.25) is 0 Å². The van der Waals surface area contributed by atoms with Crippen molar-refractivity contribution in [1.29, 1.82) is 0 Å². The Balaban J connectivity index is 2.20. The number of aliphatic carboxylic acids is 1. The van der Waals surface area contributed by atoms with Crippen LogP contribution in [-0.2, 0) is 10.2 Å². The van der Waals surface area contributed by atoms with Crippen LogP contribution in [0.15, 0.2) is 24.3 Å². The van der Waals surface area contributed by atoms with E-state index in [2.05, 4.69) is 26.0 Å². The summed E-state index contributed by atoms with van der Waals surface area (Å²) in [5.74, 6) is -0.367. The number of carbonyl (C=O) groups is 1. The highest BCUT2D eigenvalue weighted by atomic mass is 16.4. The maximum atomic E-state index is 10.7. The molecule has 1 aromatic carbocycles. The lowest BCUT2D eigenvalue weighted by Gasteiger charge is -2.14. The van der Waals surface area contributed by atoms with Crippen molar-refractivity contribution >= 4 is 5.97 Å². The Morgan fingerprint density at radius 1 is 1.53 bits per heavy atom. The van der Waals surface area contributed by atoms with E-state index in [1.54, 1.807) is 0 Å². The summed E-state index contributed by atoms with van der Waals surface area (Å²) in [5, 5.41) is 8.77. The lowest BCUT2D eigenvalue weighted by molar-refractivity contribution is -0.137. The minimum Gasteiger partial charge on any atom is -0.481 e. The summed E-state index contributed by atoms with van der Waals surface area (Å²) in [6, 6.07) is 8.27. The molecule has 2 unspecified atom stereocenters. The average molecular weight is 204 g/mol. The first-order chi connectivity index (χ1) is 7.04. The van der Waals surface area contributed by atoms with Crippen LogP contribution in [0.4, 0.5) is 0 Å². The van der Waals surface area contributed by atoms with Gasteiger partial charge < -0.3 is 5.11 Å². The number of hydrogen-bond acceptors (Lipinski definition) is 1. The zero-order chi connectivity index (χ0) is 11.1. The lowest BCUT2D eigenvalue weighted by atomic mass is 9.91. The van der Waals surface area contributed by atoms with Gasteiger partial charge in [0.25, 0.3) is 0 Å². The Kier molecular flexibility index (Phi) is 2.29. The molecule has 0 aromatic heterocycles. The highest BCUT2D eigenvalue weighted by molar-refractivity contribution is 5.68. The maximum Gasteiger partial charge on any atom is 0.303 e. The molecule has 1 aliphatic carbocycles. The van der Waals surface area contributed by atoms with Gasteiger partial charge in [0, 0.05) is 6.42 Å². The largest absolute Gasteiger partial charge is 0.481 e. The molecule has 15 heavy (non-hydrogen) atoms. The second kappa shape index (κ2) is 3.37. The minimum atomic E-state index is -0.683. The van der Waals surface area contributed by atoms with E-state index in [4.69, 9.17) is 5.11 Å². The molecule has 0 heterocycles. The quantitative estimate of drug-likeness (QED) is 0.822. The summed E-state index contributed by atoms with van der Waals surface area (Å²) in [7, 11) is 0. The third kappa shape index (κ3) is 1.76. The fourth-order valence-electron chi connectivity index (χ4n) is 2.50. The van der Waals surface area contributed by atoms with Gasteiger partial charge in [0.15, 0.2) is 0 Å². The molecule has 0 aliphatic heterocycles. The van der Waals surface area contributed by atoms with Crippen LogP contribution in [-0.4, -0.2) is 11.1 Å². The summed E-state index contributed by atoms with van der Waals surface area (Å²) in [6.07, 6.45) is 1.30. The van der Waals surface area contributed by atoms with Gasteiger partial charge >= 0.3 is 5.97 Å². The molecule has 1 aromatic rings. The van der Waals surface area contributed by atoms with Crippen LogP contribution in [0.2, 0.25) is 0 Å². The standard InChI is InChI=1S/C13H16O2/c1-9-5-3-4-6-11(9)13(2)8-10(13)7-12(14)15/h3-6,10H,7-8H2,1-2H3,(H,14,15). The molecule has 2 heteroatoms. The first-order valence-electron chi connectivity index (χ1n) is 5.32. The number of hydrogen-bond donors (Lipinski definition) is 1. The van der Waals surface area contributed by atoms with E-state index < -0.39 is 5.97 Å². The molecule has 0 radical (unpaired) electrons. The predicted octanol–water partition coefficient (Wildman–Crippen LogP) is 2.75. The van der Waals surface area contributed by atoms with Crippen molar-refractivity contribution in [2.45, 2.75) is 32.1 Å². The summed E-state index contributed by atoms with van der Waals surface area (Å²) in [4.78, 5) is 10.7. The van der Waals surface area contributed by atoms with Gasteiger partial charge in [-0.3, -0.25) is 4.79 Å². The van der Waals surface area contributed by atoms with Crippen molar-refractivity contribution in [2.24, 2.45) is 5.92 Å². The number of carboxylic acids is 1. The molecular weight excluding hydrogens is 188 g/mol. The maximum absolute atomic E-state index is 10.7. The van der Waals surface area contributed by atoms with Gasteiger partial charge in [0.1, 0.15) is 0 Å². The third-order valence-electron chi connectivity index (χ3n) is 3.59. The molecule has 1 fully saturated rings. The molecule has 80 valence electrons. The highest BCUT2D eigenvalue weighted by Crippen LogP contribution is 2.56. The zero-order valence-corrected chi connectivity index (χ0v) is 9.16. The van der Waals surface area contributed by atoms with Crippen LogP contribution in [0, 0.1) is 12.8 Å². The second-order valence-corrected chi connectivity index (χ2v) is 4.73. The summed E-state index contributed by atoms with van der Waals surface area (Å²) in [5.41, 5.74) is 2.69. The third-order valence-corrected chi connectivity index (χ3v) is 3.59. The molecule has 1 aliphatic rings. The van der Waals surface area contributed by atoms with E-state index >= 15 is 0 Å². The number of benzene rings is 1. The Morgan fingerprint density at radius 3 is 2.80 bits per heavy atom. The lowest BCUT2D eigenvalue weighted by Crippen LogP contribution is -2.09. The molecule has 0 bridgehead atoms. The minimum absolute atomic E-state index is 0.101. The highest BCUT2D eigenvalue weighted by Gasteiger charge is 2.52. The van der Waals surface area contributed by atoms with Crippen molar-refractivity contribution in [3.63, 3.8) is 0 Å². The molecule has 1 saturated carbocycles. The monoisotopic (exact) mass is 204 g/mol. The van der Waals surface area contributed by atoms with E-state index in [1.807, 2.05) is 12.1 Å². The molecule has 0 amide bonds. The number of carboxylic acid groups (broad SMARTS) is 1. The van der Waals surface area contributed by atoms with Gasteiger partial charge in [-0.2, -0.15) is 0 Å². The number of rotatable bonds is 3. The molecule has 2 rings (SSSR count). The SMILES string of the molecule is Cc1ccccc1C1(C)CC1CC(=O)O. The van der Waals surface area contributed by atoms with Gasteiger partial charge in [-0.1, -0.05) is 31.2 Å². The van der Waals surface area contributed by atoms with Crippen molar-refractivity contribution in [1.82, 2.24) is 0 Å². The smallest absolute Gasteiger partial charge is 0.303 e. The van der Waals surface area contributed by atoms with E-state index in [-0.39, 0.29) is 5.41 Å². The summed E-state index contributed by atoms with van der Waals surface area (Å²) < 4.78 is 0. The first-order valence-corrected chi connectivity index (χ1v) is 5.32. The summed E-state index contributed by atoms with van der Waals surface area (Å²) >= 11 is 0. The normalized spacial score (nSPS) is 28.8. The Hall–Kier alpha value is -1.31. The van der Waals surface area contributed by atoms with E-state index in [1.165, 1.54) is 11.1 Å². The molecule has 0 saturated heterocycles.